The zero-order valence-corrected chi connectivity index (χ0v) is 17.9. The van der Waals surface area contributed by atoms with Crippen LogP contribution in [0.4, 0.5) is 23.7 Å². The van der Waals surface area contributed by atoms with E-state index in [1.165, 1.54) is 5.69 Å². The number of hydrogen-bond acceptors (Lipinski definition) is 5. The van der Waals surface area contributed by atoms with Gasteiger partial charge >= 0.3 is 18.2 Å². The summed E-state index contributed by atoms with van der Waals surface area (Å²) in [5.74, 6) is -2.76. The number of nitrogens with zero attached hydrogens (tertiary/aromatic N) is 3. The molecule has 1 amide bonds. The lowest BCUT2D eigenvalue weighted by molar-refractivity contribution is -0.192. The van der Waals surface area contributed by atoms with Gasteiger partial charge in [0.1, 0.15) is 5.60 Å². The van der Waals surface area contributed by atoms with Gasteiger partial charge in [-0.3, -0.25) is 4.98 Å². The third kappa shape index (κ3) is 7.01. The Morgan fingerprint density at radius 3 is 2.13 bits per heavy atom. The van der Waals surface area contributed by atoms with Crippen molar-refractivity contribution in [3.05, 3.63) is 36.0 Å². The smallest absolute Gasteiger partial charge is 0.475 e. The molecule has 0 bridgehead atoms. The molecule has 1 N–H and O–H groups in total. The van der Waals surface area contributed by atoms with Gasteiger partial charge in [-0.1, -0.05) is 6.07 Å². The summed E-state index contributed by atoms with van der Waals surface area (Å²) in [6.45, 7) is 10.6. The van der Waals surface area contributed by atoms with Crippen molar-refractivity contribution in [2.75, 3.05) is 31.1 Å². The summed E-state index contributed by atoms with van der Waals surface area (Å²) < 4.78 is 37.2. The lowest BCUT2D eigenvalue weighted by atomic mass is 10.1. The summed E-state index contributed by atoms with van der Waals surface area (Å²) in [4.78, 5) is 29.8. The van der Waals surface area contributed by atoms with Crippen molar-refractivity contribution >= 4 is 28.7 Å². The number of piperazine rings is 1. The molecule has 7 nitrogen and oxygen atoms in total. The lowest BCUT2D eigenvalue weighted by Crippen LogP contribution is -2.50. The maximum Gasteiger partial charge on any atom is 0.490 e. The van der Waals surface area contributed by atoms with Crippen LogP contribution in [0.1, 0.15) is 26.5 Å². The number of carbonyl (C=O) groups excluding carboxylic acids is 1. The van der Waals surface area contributed by atoms with Crippen LogP contribution in [-0.2, 0) is 9.53 Å². The highest BCUT2D eigenvalue weighted by atomic mass is 19.4. The van der Waals surface area contributed by atoms with E-state index in [9.17, 15) is 18.0 Å². The molecule has 1 aliphatic heterocycles. The van der Waals surface area contributed by atoms with Crippen LogP contribution in [0.15, 0.2) is 30.3 Å². The molecule has 3 rings (SSSR count). The molecule has 0 saturated carbocycles. The fourth-order valence-corrected chi connectivity index (χ4v) is 2.97. The largest absolute Gasteiger partial charge is 0.490 e. The van der Waals surface area contributed by atoms with Gasteiger partial charge in [0.05, 0.1) is 5.52 Å². The van der Waals surface area contributed by atoms with Crippen molar-refractivity contribution in [1.82, 2.24) is 9.88 Å². The fraction of sp³-hybridized carbons (Fsp3) is 0.476. The van der Waals surface area contributed by atoms with Crippen molar-refractivity contribution in [2.45, 2.75) is 39.5 Å². The van der Waals surface area contributed by atoms with E-state index in [0.29, 0.717) is 13.1 Å². The summed E-state index contributed by atoms with van der Waals surface area (Å²) >= 11 is 0. The predicted molar refractivity (Wildman–Crippen MR) is 110 cm³/mol. The average Bonchev–Trinajstić information content (AvgIpc) is 2.66. The Bertz CT molecular complexity index is 934. The highest BCUT2D eigenvalue weighted by Gasteiger charge is 2.38. The standard InChI is InChI=1S/C19H25N3O2.C2HF3O2/c1-14-8-9-15-16(20-14)6-5-7-17(15)21-10-12-22(13-11-21)18(23)24-19(2,3)4;3-2(4,5)1(6)7/h5-9H,10-13H2,1-4H3;(H,6,7). The summed E-state index contributed by atoms with van der Waals surface area (Å²) in [5, 5.41) is 8.29. The van der Waals surface area contributed by atoms with Crippen molar-refractivity contribution in [1.29, 1.82) is 0 Å². The second-order valence-electron chi connectivity index (χ2n) is 8.05. The molecule has 0 spiro atoms. The Kier molecular flexibility index (Phi) is 7.35. The van der Waals surface area contributed by atoms with E-state index in [-0.39, 0.29) is 6.09 Å². The number of halogens is 3. The van der Waals surface area contributed by atoms with E-state index in [2.05, 4.69) is 22.0 Å². The first-order valence-electron chi connectivity index (χ1n) is 9.67. The number of alkyl halides is 3. The topological polar surface area (TPSA) is 83.0 Å². The van der Waals surface area contributed by atoms with E-state index in [4.69, 9.17) is 14.6 Å². The normalized spacial score (nSPS) is 14.7. The van der Waals surface area contributed by atoms with Gasteiger partial charge in [-0.15, -0.1) is 0 Å². The number of ether oxygens (including phenoxy) is 1. The number of carboxylic acid groups (broad SMARTS) is 1. The minimum absolute atomic E-state index is 0.225. The number of benzene rings is 1. The Labute approximate surface area is 178 Å². The zero-order chi connectivity index (χ0) is 23.4. The molecule has 170 valence electrons. The van der Waals surface area contributed by atoms with Crippen LogP contribution < -0.4 is 4.90 Å². The lowest BCUT2D eigenvalue weighted by Gasteiger charge is -2.37. The number of aromatic nitrogens is 1. The number of anilines is 1. The first kappa shape index (κ1) is 24.2. The highest BCUT2D eigenvalue weighted by molar-refractivity contribution is 5.92. The van der Waals surface area contributed by atoms with Crippen molar-refractivity contribution in [3.63, 3.8) is 0 Å². The van der Waals surface area contributed by atoms with Crippen molar-refractivity contribution in [3.8, 4) is 0 Å². The van der Waals surface area contributed by atoms with Crippen LogP contribution in [0.2, 0.25) is 0 Å². The third-order valence-corrected chi connectivity index (χ3v) is 4.36. The zero-order valence-electron chi connectivity index (χ0n) is 17.9. The van der Waals surface area contributed by atoms with Gasteiger partial charge in [0.2, 0.25) is 0 Å². The summed E-state index contributed by atoms with van der Waals surface area (Å²) in [7, 11) is 0. The summed E-state index contributed by atoms with van der Waals surface area (Å²) in [6.07, 6.45) is -5.31. The number of aryl methyl sites for hydroxylation is 1. The Morgan fingerprint density at radius 1 is 1.03 bits per heavy atom. The minimum atomic E-state index is -5.08. The van der Waals surface area contributed by atoms with Gasteiger partial charge < -0.3 is 19.6 Å². The number of carboxylic acids is 1. The first-order chi connectivity index (χ1) is 14.3. The Balaban J connectivity index is 0.000000423. The van der Waals surface area contributed by atoms with Crippen LogP contribution in [0.3, 0.4) is 0 Å². The molecule has 10 heteroatoms. The molecule has 2 heterocycles. The number of hydrogen-bond donors (Lipinski definition) is 1. The molecule has 1 saturated heterocycles. The average molecular weight is 441 g/mol. The number of aliphatic carboxylic acids is 1. The Morgan fingerprint density at radius 2 is 1.61 bits per heavy atom. The van der Waals surface area contributed by atoms with Crippen LogP contribution in [0, 0.1) is 6.92 Å². The van der Waals surface area contributed by atoms with E-state index >= 15 is 0 Å². The van der Waals surface area contributed by atoms with E-state index in [1.807, 2.05) is 45.9 Å². The van der Waals surface area contributed by atoms with Crippen LogP contribution in [0.5, 0.6) is 0 Å². The molecule has 1 aromatic carbocycles. The quantitative estimate of drug-likeness (QED) is 0.713. The van der Waals surface area contributed by atoms with E-state index in [0.717, 1.165) is 29.7 Å². The maximum atomic E-state index is 12.2. The molecule has 0 unspecified atom stereocenters. The number of carbonyl (C=O) groups is 2. The van der Waals surface area contributed by atoms with Crippen molar-refractivity contribution in [2.24, 2.45) is 0 Å². The third-order valence-electron chi connectivity index (χ3n) is 4.36. The van der Waals surface area contributed by atoms with Gasteiger partial charge in [0, 0.05) is 42.9 Å². The molecule has 31 heavy (non-hydrogen) atoms. The number of amides is 1. The van der Waals surface area contributed by atoms with E-state index < -0.39 is 17.7 Å². The summed E-state index contributed by atoms with van der Waals surface area (Å²) in [6, 6.07) is 10.4. The van der Waals surface area contributed by atoms with Gasteiger partial charge in [-0.05, 0) is 52.0 Å². The molecule has 0 atom stereocenters. The SMILES string of the molecule is Cc1ccc2c(N3CCN(C(=O)OC(C)(C)C)CC3)cccc2n1.O=C(O)C(F)(F)F. The molecular formula is C21H26F3N3O4. The fourth-order valence-electron chi connectivity index (χ4n) is 2.97. The Hall–Kier alpha value is -3.04. The van der Waals surface area contributed by atoms with Gasteiger partial charge in [-0.25, -0.2) is 9.59 Å². The number of fused-ring (bicyclic) bond motifs is 1. The molecule has 1 aromatic heterocycles. The van der Waals surface area contributed by atoms with E-state index in [1.54, 1.807) is 4.90 Å². The maximum absolute atomic E-state index is 12.2. The summed E-state index contributed by atoms with van der Waals surface area (Å²) in [5.41, 5.74) is 2.77. The second kappa shape index (κ2) is 9.40. The molecule has 1 aliphatic rings. The molecule has 2 aromatic rings. The van der Waals surface area contributed by atoms with Crippen molar-refractivity contribution < 1.29 is 32.6 Å². The highest BCUT2D eigenvalue weighted by Crippen LogP contribution is 2.27. The van der Waals surface area contributed by atoms with Gasteiger partial charge in [0.25, 0.3) is 0 Å². The number of pyridine rings is 1. The van der Waals surface area contributed by atoms with Gasteiger partial charge in [-0.2, -0.15) is 13.2 Å². The number of rotatable bonds is 1. The molecule has 1 fully saturated rings. The monoisotopic (exact) mass is 441 g/mol. The molecular weight excluding hydrogens is 415 g/mol. The van der Waals surface area contributed by atoms with Gasteiger partial charge in [0.15, 0.2) is 0 Å². The van der Waals surface area contributed by atoms with Crippen LogP contribution >= 0.6 is 0 Å². The molecule has 0 aliphatic carbocycles. The minimum Gasteiger partial charge on any atom is -0.475 e. The molecule has 0 radical (unpaired) electrons. The van der Waals surface area contributed by atoms with Crippen LogP contribution in [-0.4, -0.2) is 65.0 Å². The predicted octanol–water partition coefficient (Wildman–Crippen LogP) is 4.23. The van der Waals surface area contributed by atoms with Crippen LogP contribution in [0.25, 0.3) is 10.9 Å². The first-order valence-corrected chi connectivity index (χ1v) is 9.67. The second-order valence-corrected chi connectivity index (χ2v) is 8.05.